The van der Waals surface area contributed by atoms with Crippen LogP contribution < -0.4 is 16.0 Å². The molecule has 310 valence electrons. The van der Waals surface area contributed by atoms with E-state index in [4.69, 9.17) is 9.47 Å². The average molecular weight is 864 g/mol. The summed E-state index contributed by atoms with van der Waals surface area (Å²) in [5.74, 6) is -2.17. The first-order valence-electron chi connectivity index (χ1n) is 19.9. The lowest BCUT2D eigenvalue weighted by Gasteiger charge is -2.59. The second kappa shape index (κ2) is 16.4. The van der Waals surface area contributed by atoms with Gasteiger partial charge in [0, 0.05) is 53.4 Å². The van der Waals surface area contributed by atoms with Crippen molar-refractivity contribution in [3.8, 4) is 0 Å². The van der Waals surface area contributed by atoms with Crippen LogP contribution in [0.15, 0.2) is 66.5 Å². The van der Waals surface area contributed by atoms with E-state index in [2.05, 4.69) is 38.8 Å². The maximum Gasteiger partial charge on any atom is 0.246 e. The number of hydrogen-bond donors (Lipinski definition) is 5. The average Bonchev–Trinajstić information content (AvgIpc) is 3.88. The largest absolute Gasteiger partial charge is 0.393 e. The van der Waals surface area contributed by atoms with Crippen LogP contribution in [0, 0.1) is 28.6 Å². The molecular weight excluding hydrogens is 812 g/mol. The number of nitrogens with zero attached hydrogens (tertiary/aromatic N) is 1. The Morgan fingerprint density at radius 3 is 2.66 bits per heavy atom. The van der Waals surface area contributed by atoms with E-state index in [0.717, 1.165) is 24.0 Å². The van der Waals surface area contributed by atoms with Gasteiger partial charge in [-0.05, 0) is 86.8 Å². The molecule has 10 atom stereocenters. The Bertz CT molecular complexity index is 2060. The molecule has 15 heteroatoms. The van der Waals surface area contributed by atoms with Gasteiger partial charge in [0.25, 0.3) is 0 Å². The molecule has 1 aromatic carbocycles. The minimum absolute atomic E-state index is 0.0170. The smallest absolute Gasteiger partial charge is 0.246 e. The number of aliphatic hydroxyl groups excluding tert-OH is 2. The van der Waals surface area contributed by atoms with Crippen LogP contribution >= 0.6 is 15.9 Å². The summed E-state index contributed by atoms with van der Waals surface area (Å²) < 4.78 is 15.3. The zero-order valence-corrected chi connectivity index (χ0v) is 34.5. The van der Waals surface area contributed by atoms with Crippen LogP contribution in [0.3, 0.4) is 0 Å². The quantitative estimate of drug-likeness (QED) is 0.175. The molecule has 0 unspecified atom stereocenters. The van der Waals surface area contributed by atoms with E-state index >= 15 is 0 Å². The fourth-order valence-electron chi connectivity index (χ4n) is 10.8. The molecule has 7 rings (SSSR count). The van der Waals surface area contributed by atoms with Crippen molar-refractivity contribution in [1.29, 1.82) is 0 Å². The summed E-state index contributed by atoms with van der Waals surface area (Å²) in [5.41, 5.74) is 0.312. The number of carbonyl (C=O) groups is 6. The highest BCUT2D eigenvalue weighted by Gasteiger charge is 2.76. The highest BCUT2D eigenvalue weighted by Crippen LogP contribution is 2.70. The molecule has 0 radical (unpaired) electrons. The van der Waals surface area contributed by atoms with Gasteiger partial charge >= 0.3 is 0 Å². The Morgan fingerprint density at radius 2 is 1.91 bits per heavy atom. The number of amides is 3. The van der Waals surface area contributed by atoms with Crippen LogP contribution in [-0.2, 0) is 44.8 Å². The Balaban J connectivity index is 1.04. The van der Waals surface area contributed by atoms with Gasteiger partial charge in [-0.1, -0.05) is 53.6 Å². The van der Waals surface area contributed by atoms with Crippen LogP contribution in [0.2, 0.25) is 0 Å². The number of hydrogen-bond acceptors (Lipinski definition) is 10. The van der Waals surface area contributed by atoms with E-state index in [0.29, 0.717) is 24.2 Å². The molecule has 0 bridgehead atoms. The minimum atomic E-state index is -1.46. The monoisotopic (exact) mass is 862 g/mol. The number of fused-ring (bicyclic) bond motifs is 7. The molecule has 14 nitrogen and oxygen atoms in total. The molecule has 3 saturated carbocycles. The summed E-state index contributed by atoms with van der Waals surface area (Å²) in [6, 6.07) is 8.05. The van der Waals surface area contributed by atoms with Gasteiger partial charge in [0.1, 0.15) is 18.4 Å². The van der Waals surface area contributed by atoms with Crippen molar-refractivity contribution in [2.24, 2.45) is 28.6 Å². The summed E-state index contributed by atoms with van der Waals surface area (Å²) >= 11 is 3.02. The lowest BCUT2D eigenvalue weighted by molar-refractivity contribution is -0.201. The minimum Gasteiger partial charge on any atom is -0.393 e. The first-order valence-corrected chi connectivity index (χ1v) is 21.0. The summed E-state index contributed by atoms with van der Waals surface area (Å²) in [4.78, 5) is 75.2. The van der Waals surface area contributed by atoms with Crippen LogP contribution in [0.4, 0.5) is 5.69 Å². The number of halogens is 1. The predicted molar refractivity (Wildman–Crippen MR) is 214 cm³/mol. The number of ketones is 3. The number of benzene rings is 1. The lowest BCUT2D eigenvalue weighted by Crippen LogP contribution is -2.63. The van der Waals surface area contributed by atoms with Gasteiger partial charge in [-0.15, -0.1) is 0 Å². The summed E-state index contributed by atoms with van der Waals surface area (Å²) in [6.07, 6.45) is 9.19. The number of alkyl halides is 1. The second-order valence-corrected chi connectivity index (χ2v) is 17.5. The van der Waals surface area contributed by atoms with Crippen molar-refractivity contribution in [3.05, 3.63) is 77.7 Å². The molecular formula is C43H51BrN4O10. The first-order chi connectivity index (χ1) is 27.6. The Labute approximate surface area is 345 Å². The van der Waals surface area contributed by atoms with Crippen molar-refractivity contribution in [3.63, 3.8) is 0 Å². The summed E-state index contributed by atoms with van der Waals surface area (Å²) in [5, 5.41) is 30.2. The highest BCUT2D eigenvalue weighted by atomic mass is 79.9. The molecule has 2 heterocycles. The van der Waals surface area contributed by atoms with Crippen LogP contribution in [0.5, 0.6) is 0 Å². The fraction of sp³-hybridized carbons (Fsp3) is 0.535. The molecule has 1 aromatic heterocycles. The molecule has 2 aromatic rings. The van der Waals surface area contributed by atoms with E-state index in [1.54, 1.807) is 30.4 Å². The standard InChI is InChI=1S/C43H51BrN4O10/c1-24(50)7-10-32(47-37(55)20-45-36(54)19-44)39(56)46-28-6-4-5-25(15-28)21-48-14-12-26(22-48)40-57-35-17-31-30-9-8-27-16-29(51)11-13-41(27,2)38(30)33(52)18-42(31,3)43(35,58-40)34(53)23-49/h4-6,11-16,22,30-33,35,38,40,49,52H,7-10,17-21,23H2,1-3H3,(H,45,54)(H,46,56)(H,47,55)/t30-,31-,32-,33-,35+,38+,40+,41-,42-,43+/m0/s1. The van der Waals surface area contributed by atoms with E-state index in [1.807, 2.05) is 42.1 Å². The van der Waals surface area contributed by atoms with Gasteiger partial charge in [-0.3, -0.25) is 24.0 Å². The SMILES string of the molecule is CC(=O)CC[C@H](NC(=O)CNC(=O)CBr)C(=O)Nc1cccc(Cn2ccc([C@@H]3O[C@@H]4C[C@H]5[C@@H]6CCC7=CC(=O)C=C[C@]7(C)[C@H]6[C@@H](O)C[C@]5(C)[C@]4(C(=O)CO)O3)c2)c1. The predicted octanol–water partition coefficient (Wildman–Crippen LogP) is 3.44. The van der Waals surface area contributed by atoms with E-state index in [9.17, 15) is 39.0 Å². The number of anilines is 1. The van der Waals surface area contributed by atoms with Gasteiger partial charge in [0.15, 0.2) is 23.5 Å². The normalized spacial score (nSPS) is 32.5. The molecule has 5 N–H and O–H groups in total. The van der Waals surface area contributed by atoms with Gasteiger partial charge < -0.3 is 45.0 Å². The zero-order chi connectivity index (χ0) is 41.6. The number of aromatic nitrogens is 1. The van der Waals surface area contributed by atoms with Crippen LogP contribution in [0.1, 0.15) is 76.7 Å². The van der Waals surface area contributed by atoms with E-state index < -0.39 is 65.2 Å². The molecule has 58 heavy (non-hydrogen) atoms. The topological polar surface area (TPSA) is 202 Å². The van der Waals surface area contributed by atoms with Crippen molar-refractivity contribution in [2.45, 2.75) is 96.0 Å². The molecule has 1 saturated heterocycles. The fourth-order valence-corrected chi connectivity index (χ4v) is 11.0. The number of aliphatic hydroxyl groups is 2. The molecule has 0 spiro atoms. The van der Waals surface area contributed by atoms with Gasteiger partial charge in [-0.25, -0.2) is 0 Å². The third kappa shape index (κ3) is 7.55. The molecule has 3 amide bonds. The second-order valence-electron chi connectivity index (χ2n) is 16.9. The maximum absolute atomic E-state index is 13.9. The number of Topliss-reactive ketones (excluding diaryl/α,β-unsaturated/α-hetero) is 2. The number of nitrogens with one attached hydrogen (secondary N) is 3. The van der Waals surface area contributed by atoms with E-state index in [-0.39, 0.29) is 66.4 Å². The van der Waals surface area contributed by atoms with Gasteiger partial charge in [-0.2, -0.15) is 0 Å². The number of allylic oxidation sites excluding steroid dienone is 4. The molecule has 1 aliphatic heterocycles. The Kier molecular flexibility index (Phi) is 11.8. The van der Waals surface area contributed by atoms with Gasteiger partial charge in [0.2, 0.25) is 17.7 Å². The number of ether oxygens (including phenoxy) is 2. The molecule has 4 aliphatic carbocycles. The Hall–Kier alpha value is -4.28. The number of rotatable bonds is 14. The van der Waals surface area contributed by atoms with Crippen LogP contribution in [-0.4, -0.2) is 92.2 Å². The third-order valence-electron chi connectivity index (χ3n) is 13.4. The molecule has 4 fully saturated rings. The zero-order valence-electron chi connectivity index (χ0n) is 32.9. The van der Waals surface area contributed by atoms with Crippen molar-refractivity contribution < 1.29 is 48.5 Å². The Morgan fingerprint density at radius 1 is 1.12 bits per heavy atom. The van der Waals surface area contributed by atoms with Crippen molar-refractivity contribution >= 4 is 56.7 Å². The van der Waals surface area contributed by atoms with Crippen molar-refractivity contribution in [2.75, 3.05) is 23.8 Å². The lowest BCUT2D eigenvalue weighted by atomic mass is 9.46. The van der Waals surface area contributed by atoms with Gasteiger partial charge in [0.05, 0.1) is 24.1 Å². The first kappa shape index (κ1) is 41.9. The van der Waals surface area contributed by atoms with Crippen LogP contribution in [0.25, 0.3) is 0 Å². The summed E-state index contributed by atoms with van der Waals surface area (Å²) in [6.45, 7) is 4.88. The molecule has 5 aliphatic rings. The van der Waals surface area contributed by atoms with Crippen molar-refractivity contribution in [1.82, 2.24) is 15.2 Å². The number of carbonyl (C=O) groups excluding carboxylic acids is 6. The maximum atomic E-state index is 13.9. The highest BCUT2D eigenvalue weighted by molar-refractivity contribution is 9.09. The third-order valence-corrected chi connectivity index (χ3v) is 13.9. The summed E-state index contributed by atoms with van der Waals surface area (Å²) in [7, 11) is 0. The van der Waals surface area contributed by atoms with E-state index in [1.165, 1.54) is 6.92 Å².